The van der Waals surface area contributed by atoms with E-state index in [1.165, 1.54) is 16.0 Å². The maximum Gasteiger partial charge on any atom is 0.131 e. The van der Waals surface area contributed by atoms with Gasteiger partial charge in [0.15, 0.2) is 0 Å². The molecule has 28 heavy (non-hydrogen) atoms. The van der Waals surface area contributed by atoms with Crippen LogP contribution in [0.25, 0.3) is 10.5 Å². The summed E-state index contributed by atoms with van der Waals surface area (Å²) in [6, 6.07) is 31.2. The zero-order chi connectivity index (χ0) is 19.4. The van der Waals surface area contributed by atoms with Crippen molar-refractivity contribution in [1.29, 1.82) is 0 Å². The van der Waals surface area contributed by atoms with Crippen molar-refractivity contribution in [3.63, 3.8) is 0 Å². The minimum atomic E-state index is -0.418. The molecule has 0 radical (unpaired) electrons. The standard InChI is InChI=1S/C26H22OS/c1-20(27)18-26(24-15-9-4-10-16-24)19-23(21-11-5-2-6-12-21)17-25(28-26)22-13-7-3-8-14-22/h2-17,19H,18H2,1H3. The summed E-state index contributed by atoms with van der Waals surface area (Å²) in [4.78, 5) is 13.5. The van der Waals surface area contributed by atoms with Crippen molar-refractivity contribution in [3.8, 4) is 0 Å². The van der Waals surface area contributed by atoms with Crippen LogP contribution in [0.3, 0.4) is 0 Å². The number of benzene rings is 3. The number of carbonyl (C=O) groups excluding carboxylic acids is 1. The molecule has 0 spiro atoms. The number of hydrogen-bond acceptors (Lipinski definition) is 2. The van der Waals surface area contributed by atoms with Crippen molar-refractivity contribution in [2.24, 2.45) is 0 Å². The highest BCUT2D eigenvalue weighted by atomic mass is 32.2. The molecule has 0 aromatic heterocycles. The lowest BCUT2D eigenvalue weighted by atomic mass is 9.88. The molecule has 0 aliphatic carbocycles. The average Bonchev–Trinajstić information content (AvgIpc) is 2.75. The van der Waals surface area contributed by atoms with Crippen molar-refractivity contribution in [1.82, 2.24) is 0 Å². The predicted octanol–water partition coefficient (Wildman–Crippen LogP) is 6.73. The molecule has 0 N–H and O–H groups in total. The Morgan fingerprint density at radius 3 is 1.89 bits per heavy atom. The van der Waals surface area contributed by atoms with Gasteiger partial charge in [-0.2, -0.15) is 0 Å². The van der Waals surface area contributed by atoms with E-state index in [9.17, 15) is 4.79 Å². The van der Waals surface area contributed by atoms with E-state index in [2.05, 4.69) is 72.8 Å². The normalized spacial score (nSPS) is 18.9. The summed E-state index contributed by atoms with van der Waals surface area (Å²) in [5.41, 5.74) is 4.66. The smallest absolute Gasteiger partial charge is 0.131 e. The van der Waals surface area contributed by atoms with E-state index in [-0.39, 0.29) is 5.78 Å². The fourth-order valence-corrected chi connectivity index (χ4v) is 5.20. The summed E-state index contributed by atoms with van der Waals surface area (Å²) in [5, 5.41) is 0. The summed E-state index contributed by atoms with van der Waals surface area (Å²) in [7, 11) is 0. The third kappa shape index (κ3) is 3.88. The van der Waals surface area contributed by atoms with Crippen molar-refractivity contribution >= 4 is 28.0 Å². The molecule has 1 aliphatic heterocycles. The van der Waals surface area contributed by atoms with Crippen LogP contribution in [0.4, 0.5) is 0 Å². The van der Waals surface area contributed by atoms with Crippen LogP contribution in [-0.4, -0.2) is 5.78 Å². The van der Waals surface area contributed by atoms with Gasteiger partial charge in [0.05, 0.1) is 4.75 Å². The summed E-state index contributed by atoms with van der Waals surface area (Å²) in [5.74, 6) is 0.189. The second kappa shape index (κ2) is 8.04. The highest BCUT2D eigenvalue weighted by Gasteiger charge is 2.36. The fraction of sp³-hybridized carbons (Fsp3) is 0.115. The van der Waals surface area contributed by atoms with Crippen LogP contribution < -0.4 is 0 Å². The van der Waals surface area contributed by atoms with Gasteiger partial charge in [0.25, 0.3) is 0 Å². The molecule has 3 aromatic rings. The summed E-state index contributed by atoms with van der Waals surface area (Å²) >= 11 is 1.78. The Kier molecular flexibility index (Phi) is 5.31. The Bertz CT molecular complexity index is 1020. The minimum Gasteiger partial charge on any atom is -0.300 e. The highest BCUT2D eigenvalue weighted by molar-refractivity contribution is 8.09. The molecule has 1 nitrogen and oxygen atoms in total. The zero-order valence-electron chi connectivity index (χ0n) is 15.8. The molecular formula is C26H22OS. The maximum atomic E-state index is 12.3. The first kappa shape index (κ1) is 18.5. The summed E-state index contributed by atoms with van der Waals surface area (Å²) in [6.45, 7) is 1.68. The van der Waals surface area contributed by atoms with Crippen LogP contribution in [0.15, 0.2) is 103 Å². The molecule has 1 heterocycles. The SMILES string of the molecule is CC(=O)CC1(c2ccccc2)C=C(c2ccccc2)C=C(c2ccccc2)S1. The Balaban J connectivity index is 1.91. The third-order valence-corrected chi connectivity index (χ3v) is 6.34. The molecule has 4 rings (SSSR count). The van der Waals surface area contributed by atoms with Crippen molar-refractivity contribution in [2.45, 2.75) is 18.1 Å². The van der Waals surface area contributed by atoms with E-state index in [0.717, 1.165) is 11.1 Å². The van der Waals surface area contributed by atoms with E-state index in [1.807, 2.05) is 30.3 Å². The van der Waals surface area contributed by atoms with Gasteiger partial charge >= 0.3 is 0 Å². The first-order chi connectivity index (χ1) is 13.7. The molecule has 1 aliphatic rings. The van der Waals surface area contributed by atoms with E-state index in [0.29, 0.717) is 6.42 Å². The number of rotatable bonds is 5. The highest BCUT2D eigenvalue weighted by Crippen LogP contribution is 2.53. The zero-order valence-corrected chi connectivity index (χ0v) is 16.7. The van der Waals surface area contributed by atoms with Gasteiger partial charge in [-0.05, 0) is 35.3 Å². The lowest BCUT2D eigenvalue weighted by Crippen LogP contribution is -2.24. The second-order valence-electron chi connectivity index (χ2n) is 7.08. The number of allylic oxidation sites excluding steroid dienone is 2. The number of ketones is 1. The number of carbonyl (C=O) groups is 1. The Labute approximate surface area is 170 Å². The first-order valence-corrected chi connectivity index (χ1v) is 10.3. The van der Waals surface area contributed by atoms with Gasteiger partial charge < -0.3 is 0 Å². The lowest BCUT2D eigenvalue weighted by molar-refractivity contribution is -0.117. The van der Waals surface area contributed by atoms with Gasteiger partial charge in [-0.1, -0.05) is 97.1 Å². The maximum absolute atomic E-state index is 12.3. The van der Waals surface area contributed by atoms with Crippen molar-refractivity contribution in [2.75, 3.05) is 0 Å². The molecule has 1 unspecified atom stereocenters. The average molecular weight is 383 g/mol. The van der Waals surface area contributed by atoms with E-state index in [4.69, 9.17) is 0 Å². The molecular weight excluding hydrogens is 360 g/mol. The Hall–Kier alpha value is -2.84. The Morgan fingerprint density at radius 2 is 1.32 bits per heavy atom. The third-order valence-electron chi connectivity index (χ3n) is 4.91. The lowest BCUT2D eigenvalue weighted by Gasteiger charge is -2.35. The molecule has 0 amide bonds. The summed E-state index contributed by atoms with van der Waals surface area (Å²) in [6.07, 6.45) is 4.98. The van der Waals surface area contributed by atoms with Crippen LogP contribution in [0.2, 0.25) is 0 Å². The van der Waals surface area contributed by atoms with E-state index >= 15 is 0 Å². The topological polar surface area (TPSA) is 17.1 Å². The molecule has 0 saturated carbocycles. The second-order valence-corrected chi connectivity index (χ2v) is 8.45. The van der Waals surface area contributed by atoms with Gasteiger partial charge in [0, 0.05) is 11.3 Å². The van der Waals surface area contributed by atoms with Crippen LogP contribution in [0.1, 0.15) is 30.0 Å². The predicted molar refractivity (Wildman–Crippen MR) is 120 cm³/mol. The summed E-state index contributed by atoms with van der Waals surface area (Å²) < 4.78 is -0.418. The number of hydrogen-bond donors (Lipinski definition) is 0. The van der Waals surface area contributed by atoms with E-state index < -0.39 is 4.75 Å². The van der Waals surface area contributed by atoms with Gasteiger partial charge in [0.1, 0.15) is 5.78 Å². The molecule has 0 bridgehead atoms. The molecule has 2 heteroatoms. The van der Waals surface area contributed by atoms with Gasteiger partial charge in [-0.25, -0.2) is 0 Å². The monoisotopic (exact) mass is 382 g/mol. The molecule has 3 aromatic carbocycles. The minimum absolute atomic E-state index is 0.189. The quantitative estimate of drug-likeness (QED) is 0.486. The molecule has 0 saturated heterocycles. The molecule has 138 valence electrons. The van der Waals surface area contributed by atoms with Crippen LogP contribution in [0, 0.1) is 0 Å². The van der Waals surface area contributed by atoms with Crippen LogP contribution >= 0.6 is 11.8 Å². The van der Waals surface area contributed by atoms with Gasteiger partial charge in [-0.3, -0.25) is 4.79 Å². The largest absolute Gasteiger partial charge is 0.300 e. The molecule has 0 fully saturated rings. The van der Waals surface area contributed by atoms with Gasteiger partial charge in [-0.15, -0.1) is 11.8 Å². The van der Waals surface area contributed by atoms with Crippen molar-refractivity contribution < 1.29 is 4.79 Å². The van der Waals surface area contributed by atoms with Crippen molar-refractivity contribution in [3.05, 3.63) is 120 Å². The fourth-order valence-electron chi connectivity index (χ4n) is 3.65. The molecule has 1 atom stereocenters. The number of thioether (sulfide) groups is 1. The number of Topliss-reactive ketones (excluding diaryl/α,β-unsaturated/α-hetero) is 1. The van der Waals surface area contributed by atoms with Gasteiger partial charge in [0.2, 0.25) is 0 Å². The van der Waals surface area contributed by atoms with Crippen LogP contribution in [-0.2, 0) is 9.54 Å². The first-order valence-electron chi connectivity index (χ1n) is 9.46. The van der Waals surface area contributed by atoms with Crippen LogP contribution in [0.5, 0.6) is 0 Å². The van der Waals surface area contributed by atoms with E-state index in [1.54, 1.807) is 18.7 Å². The Morgan fingerprint density at radius 1 is 0.786 bits per heavy atom.